The molecule has 1 aromatic carbocycles. The molecule has 1 aromatic rings. The first-order valence-corrected chi connectivity index (χ1v) is 5.27. The minimum absolute atomic E-state index is 0.0825. The van der Waals surface area contributed by atoms with E-state index in [1.54, 1.807) is 12.1 Å². The first-order valence-electron chi connectivity index (χ1n) is 5.27. The first kappa shape index (κ1) is 13.6. The van der Waals surface area contributed by atoms with Gasteiger partial charge >= 0.3 is 5.97 Å². The molecular formula is C12H16FNO3. The Bertz CT molecular complexity index is 389. The minimum Gasteiger partial charge on any atom is -0.479 e. The number of carbonyl (C=O) groups is 1. The molecule has 1 rings (SSSR count). The van der Waals surface area contributed by atoms with Crippen LogP contribution in [0.3, 0.4) is 0 Å². The molecule has 5 heteroatoms. The second-order valence-electron chi connectivity index (χ2n) is 4.23. The van der Waals surface area contributed by atoms with Crippen LogP contribution in [0, 0.1) is 5.82 Å². The summed E-state index contributed by atoms with van der Waals surface area (Å²) in [5.41, 5.74) is -0.985. The zero-order chi connectivity index (χ0) is 13.1. The van der Waals surface area contributed by atoms with Crippen molar-refractivity contribution in [2.45, 2.75) is 25.5 Å². The maximum atomic E-state index is 12.7. The summed E-state index contributed by atoms with van der Waals surface area (Å²) in [7, 11) is 0. The van der Waals surface area contributed by atoms with Gasteiger partial charge in [0.05, 0.1) is 0 Å². The number of halogens is 1. The number of hydrogen-bond acceptors (Lipinski definition) is 3. The maximum Gasteiger partial charge on any atom is 0.336 e. The SMILES string of the molecule is C[C@@H](NCC(C)(O)C(=O)O)c1ccc(F)cc1. The summed E-state index contributed by atoms with van der Waals surface area (Å²) >= 11 is 0. The van der Waals surface area contributed by atoms with Crippen LogP contribution in [0.4, 0.5) is 4.39 Å². The fourth-order valence-electron chi connectivity index (χ4n) is 1.30. The van der Waals surface area contributed by atoms with Gasteiger partial charge in [-0.25, -0.2) is 9.18 Å². The number of carboxylic acids is 1. The van der Waals surface area contributed by atoms with E-state index >= 15 is 0 Å². The lowest BCUT2D eigenvalue weighted by Gasteiger charge is -2.22. The summed E-state index contributed by atoms with van der Waals surface area (Å²) in [6, 6.07) is 5.73. The van der Waals surface area contributed by atoms with Gasteiger partial charge in [0.15, 0.2) is 5.60 Å². The van der Waals surface area contributed by atoms with Crippen molar-refractivity contribution in [1.82, 2.24) is 5.32 Å². The van der Waals surface area contributed by atoms with Gasteiger partial charge in [-0.05, 0) is 31.5 Å². The predicted molar refractivity (Wildman–Crippen MR) is 61.1 cm³/mol. The number of nitrogens with one attached hydrogen (secondary N) is 1. The van der Waals surface area contributed by atoms with E-state index < -0.39 is 11.6 Å². The lowest BCUT2D eigenvalue weighted by atomic mass is 10.0. The smallest absolute Gasteiger partial charge is 0.336 e. The molecule has 4 nitrogen and oxygen atoms in total. The van der Waals surface area contributed by atoms with Crippen molar-refractivity contribution >= 4 is 5.97 Å². The van der Waals surface area contributed by atoms with Crippen molar-refractivity contribution in [3.63, 3.8) is 0 Å². The average molecular weight is 241 g/mol. The molecule has 0 saturated heterocycles. The number of benzene rings is 1. The summed E-state index contributed by atoms with van der Waals surface area (Å²) in [4.78, 5) is 10.7. The molecular weight excluding hydrogens is 225 g/mol. The van der Waals surface area contributed by atoms with Gasteiger partial charge in [-0.1, -0.05) is 12.1 Å². The van der Waals surface area contributed by atoms with Crippen LogP contribution >= 0.6 is 0 Å². The summed E-state index contributed by atoms with van der Waals surface area (Å²) < 4.78 is 12.7. The van der Waals surface area contributed by atoms with E-state index in [1.165, 1.54) is 19.1 Å². The molecule has 0 radical (unpaired) electrons. The highest BCUT2D eigenvalue weighted by molar-refractivity contribution is 5.76. The van der Waals surface area contributed by atoms with E-state index in [9.17, 15) is 14.3 Å². The molecule has 94 valence electrons. The molecule has 1 unspecified atom stereocenters. The Morgan fingerprint density at radius 1 is 1.47 bits per heavy atom. The third-order valence-electron chi connectivity index (χ3n) is 2.58. The van der Waals surface area contributed by atoms with Crippen LogP contribution in [0.15, 0.2) is 24.3 Å². The standard InChI is InChI=1S/C12H16FNO3/c1-8(9-3-5-10(13)6-4-9)14-7-12(2,17)11(15)16/h3-6,8,14,17H,7H2,1-2H3,(H,15,16)/t8-,12?/m1/s1. The summed E-state index contributed by atoms with van der Waals surface area (Å²) in [5.74, 6) is -1.60. The largest absolute Gasteiger partial charge is 0.479 e. The molecule has 0 heterocycles. The van der Waals surface area contributed by atoms with Gasteiger partial charge in [-0.2, -0.15) is 0 Å². The van der Waals surface area contributed by atoms with E-state index in [1.807, 2.05) is 6.92 Å². The molecule has 0 bridgehead atoms. The van der Waals surface area contributed by atoms with E-state index in [4.69, 9.17) is 5.11 Å². The van der Waals surface area contributed by atoms with Gasteiger partial charge in [0.2, 0.25) is 0 Å². The van der Waals surface area contributed by atoms with Crippen molar-refractivity contribution in [1.29, 1.82) is 0 Å². The minimum atomic E-state index is -1.81. The number of carboxylic acid groups (broad SMARTS) is 1. The molecule has 0 aliphatic rings. The fraction of sp³-hybridized carbons (Fsp3) is 0.417. The molecule has 0 aliphatic carbocycles. The average Bonchev–Trinajstić information content (AvgIpc) is 2.27. The Morgan fingerprint density at radius 3 is 2.47 bits per heavy atom. The first-order chi connectivity index (χ1) is 7.83. The molecule has 0 saturated carbocycles. The van der Waals surface area contributed by atoms with Crippen molar-refractivity contribution < 1.29 is 19.4 Å². The number of aliphatic hydroxyl groups is 1. The molecule has 0 spiro atoms. The van der Waals surface area contributed by atoms with Gasteiger partial charge < -0.3 is 15.5 Å². The predicted octanol–water partition coefficient (Wildman–Crippen LogP) is 1.31. The van der Waals surface area contributed by atoms with E-state index in [2.05, 4.69) is 5.32 Å². The highest BCUT2D eigenvalue weighted by atomic mass is 19.1. The van der Waals surface area contributed by atoms with Crippen LogP contribution in [0.25, 0.3) is 0 Å². The number of aliphatic carboxylic acids is 1. The van der Waals surface area contributed by atoms with Crippen LogP contribution in [0.2, 0.25) is 0 Å². The third kappa shape index (κ3) is 3.80. The third-order valence-corrected chi connectivity index (χ3v) is 2.58. The van der Waals surface area contributed by atoms with Gasteiger partial charge in [0.1, 0.15) is 5.82 Å². The molecule has 17 heavy (non-hydrogen) atoms. The van der Waals surface area contributed by atoms with Crippen LogP contribution in [0.1, 0.15) is 25.5 Å². The topological polar surface area (TPSA) is 69.6 Å². The monoisotopic (exact) mass is 241 g/mol. The zero-order valence-corrected chi connectivity index (χ0v) is 9.77. The second-order valence-corrected chi connectivity index (χ2v) is 4.23. The highest BCUT2D eigenvalue weighted by Gasteiger charge is 2.29. The van der Waals surface area contributed by atoms with Crippen LogP contribution in [-0.2, 0) is 4.79 Å². The zero-order valence-electron chi connectivity index (χ0n) is 9.77. The summed E-state index contributed by atoms with van der Waals surface area (Å²) in [6.45, 7) is 2.95. The van der Waals surface area contributed by atoms with E-state index in [-0.39, 0.29) is 18.4 Å². The van der Waals surface area contributed by atoms with Gasteiger partial charge in [0, 0.05) is 12.6 Å². The molecule has 0 amide bonds. The van der Waals surface area contributed by atoms with Crippen LogP contribution in [-0.4, -0.2) is 28.3 Å². The lowest BCUT2D eigenvalue weighted by molar-refractivity contribution is -0.156. The quantitative estimate of drug-likeness (QED) is 0.727. The van der Waals surface area contributed by atoms with Crippen molar-refractivity contribution in [3.8, 4) is 0 Å². The Kier molecular flexibility index (Phi) is 4.20. The van der Waals surface area contributed by atoms with Gasteiger partial charge in [0.25, 0.3) is 0 Å². The summed E-state index contributed by atoms with van der Waals surface area (Å²) in [6.07, 6.45) is 0. The number of hydrogen-bond donors (Lipinski definition) is 3. The summed E-state index contributed by atoms with van der Waals surface area (Å²) in [5, 5.41) is 21.1. The highest BCUT2D eigenvalue weighted by Crippen LogP contribution is 2.13. The van der Waals surface area contributed by atoms with Crippen LogP contribution < -0.4 is 5.32 Å². The Balaban J connectivity index is 2.58. The molecule has 0 aliphatic heterocycles. The molecule has 2 atom stereocenters. The molecule has 3 N–H and O–H groups in total. The Labute approximate surface area is 99.1 Å². The van der Waals surface area contributed by atoms with Crippen molar-refractivity contribution in [2.24, 2.45) is 0 Å². The maximum absolute atomic E-state index is 12.7. The van der Waals surface area contributed by atoms with Crippen molar-refractivity contribution in [2.75, 3.05) is 6.54 Å². The Morgan fingerprint density at radius 2 is 2.00 bits per heavy atom. The van der Waals surface area contributed by atoms with E-state index in [0.717, 1.165) is 5.56 Å². The number of rotatable bonds is 5. The normalized spacial score (nSPS) is 16.2. The molecule has 0 aromatic heterocycles. The van der Waals surface area contributed by atoms with Gasteiger partial charge in [-0.15, -0.1) is 0 Å². The molecule has 0 fully saturated rings. The van der Waals surface area contributed by atoms with E-state index in [0.29, 0.717) is 0 Å². The lowest BCUT2D eigenvalue weighted by Crippen LogP contribution is -2.45. The Hall–Kier alpha value is -1.46. The van der Waals surface area contributed by atoms with Gasteiger partial charge in [-0.3, -0.25) is 0 Å². The van der Waals surface area contributed by atoms with Crippen molar-refractivity contribution in [3.05, 3.63) is 35.6 Å². The fourth-order valence-corrected chi connectivity index (χ4v) is 1.30. The van der Waals surface area contributed by atoms with Crippen LogP contribution in [0.5, 0.6) is 0 Å². The second kappa shape index (κ2) is 5.25.